The third-order valence-corrected chi connectivity index (χ3v) is 4.90. The number of rotatable bonds is 5. The third kappa shape index (κ3) is 2.65. The average molecular weight is 241 g/mol. The second kappa shape index (κ2) is 5.38. The second-order valence-electron chi connectivity index (χ2n) is 5.96. The molecule has 100 valence electrons. The van der Waals surface area contributed by atoms with E-state index in [1.54, 1.807) is 0 Å². The van der Waals surface area contributed by atoms with Gasteiger partial charge in [0.05, 0.1) is 5.41 Å². The summed E-state index contributed by atoms with van der Waals surface area (Å²) in [5.74, 6) is 0.215. The van der Waals surface area contributed by atoms with Crippen molar-refractivity contribution in [1.29, 1.82) is 0 Å². The minimum absolute atomic E-state index is 0.203. The van der Waals surface area contributed by atoms with E-state index in [0.29, 0.717) is 18.5 Å². The van der Waals surface area contributed by atoms with E-state index in [4.69, 9.17) is 0 Å². The van der Waals surface area contributed by atoms with Crippen molar-refractivity contribution in [2.24, 2.45) is 17.3 Å². The maximum Gasteiger partial charge on any atom is 0.311 e. The van der Waals surface area contributed by atoms with Gasteiger partial charge in [0.1, 0.15) is 0 Å². The van der Waals surface area contributed by atoms with E-state index in [1.807, 2.05) is 13.8 Å². The molecule has 0 radical (unpaired) electrons. The van der Waals surface area contributed by atoms with Crippen molar-refractivity contribution in [2.45, 2.75) is 53.5 Å². The molecule has 1 heterocycles. The SMILES string of the molecule is CCC(C)C(C)N1CCC(C(=O)O)(C(C)C)C1. The Morgan fingerprint density at radius 1 is 1.35 bits per heavy atom. The molecule has 1 saturated heterocycles. The zero-order valence-corrected chi connectivity index (χ0v) is 11.9. The number of hydrogen-bond donors (Lipinski definition) is 1. The lowest BCUT2D eigenvalue weighted by molar-refractivity contribution is -0.151. The highest BCUT2D eigenvalue weighted by molar-refractivity contribution is 5.75. The maximum absolute atomic E-state index is 11.5. The maximum atomic E-state index is 11.5. The fraction of sp³-hybridized carbons (Fsp3) is 0.929. The summed E-state index contributed by atoms with van der Waals surface area (Å²) in [7, 11) is 0. The monoisotopic (exact) mass is 241 g/mol. The van der Waals surface area contributed by atoms with Crippen LogP contribution in [0.3, 0.4) is 0 Å². The number of likely N-dealkylation sites (tertiary alicyclic amines) is 1. The first-order chi connectivity index (χ1) is 7.85. The van der Waals surface area contributed by atoms with Crippen molar-refractivity contribution in [3.63, 3.8) is 0 Å². The highest BCUT2D eigenvalue weighted by Gasteiger charge is 2.48. The molecule has 0 amide bonds. The predicted octanol–water partition coefficient (Wildman–Crippen LogP) is 2.85. The Kier molecular flexibility index (Phi) is 4.59. The summed E-state index contributed by atoms with van der Waals surface area (Å²) in [6.07, 6.45) is 1.94. The van der Waals surface area contributed by atoms with Crippen LogP contribution in [0.4, 0.5) is 0 Å². The topological polar surface area (TPSA) is 40.5 Å². The summed E-state index contributed by atoms with van der Waals surface area (Å²) in [5, 5.41) is 9.50. The Morgan fingerprint density at radius 2 is 1.94 bits per heavy atom. The van der Waals surface area contributed by atoms with Gasteiger partial charge in [0, 0.05) is 12.6 Å². The quantitative estimate of drug-likeness (QED) is 0.804. The van der Waals surface area contributed by atoms with Crippen LogP contribution in [0.2, 0.25) is 0 Å². The van der Waals surface area contributed by atoms with E-state index < -0.39 is 11.4 Å². The zero-order valence-electron chi connectivity index (χ0n) is 11.9. The Labute approximate surface area is 105 Å². The standard InChI is InChI=1S/C14H27NO2/c1-6-11(4)12(5)15-8-7-14(9-15,10(2)3)13(16)17/h10-12H,6-9H2,1-5H3,(H,16,17). The van der Waals surface area contributed by atoms with Gasteiger partial charge in [0.25, 0.3) is 0 Å². The highest BCUT2D eigenvalue weighted by atomic mass is 16.4. The van der Waals surface area contributed by atoms with Gasteiger partial charge in [0.2, 0.25) is 0 Å². The highest BCUT2D eigenvalue weighted by Crippen LogP contribution is 2.39. The zero-order chi connectivity index (χ0) is 13.2. The Hall–Kier alpha value is -0.570. The molecule has 0 aromatic carbocycles. The number of carboxylic acids is 1. The van der Waals surface area contributed by atoms with E-state index in [0.717, 1.165) is 19.4 Å². The molecular formula is C14H27NO2. The van der Waals surface area contributed by atoms with Gasteiger partial charge in [-0.25, -0.2) is 0 Å². The average Bonchev–Trinajstić information content (AvgIpc) is 2.73. The molecule has 0 aromatic heterocycles. The summed E-state index contributed by atoms with van der Waals surface area (Å²) >= 11 is 0. The first-order valence-electron chi connectivity index (χ1n) is 6.82. The van der Waals surface area contributed by atoms with Crippen molar-refractivity contribution in [1.82, 2.24) is 4.90 Å². The van der Waals surface area contributed by atoms with Gasteiger partial charge in [0.15, 0.2) is 0 Å². The number of carboxylic acid groups (broad SMARTS) is 1. The molecule has 3 nitrogen and oxygen atoms in total. The fourth-order valence-electron chi connectivity index (χ4n) is 2.81. The van der Waals surface area contributed by atoms with Gasteiger partial charge in [-0.3, -0.25) is 9.69 Å². The molecule has 1 rings (SSSR count). The number of aliphatic carboxylic acids is 1. The van der Waals surface area contributed by atoms with Crippen LogP contribution >= 0.6 is 0 Å². The fourth-order valence-corrected chi connectivity index (χ4v) is 2.81. The van der Waals surface area contributed by atoms with Crippen LogP contribution in [0, 0.1) is 17.3 Å². The van der Waals surface area contributed by atoms with Gasteiger partial charge in [-0.05, 0) is 31.7 Å². The minimum Gasteiger partial charge on any atom is -0.481 e. The molecule has 17 heavy (non-hydrogen) atoms. The van der Waals surface area contributed by atoms with Crippen LogP contribution in [0.5, 0.6) is 0 Å². The molecular weight excluding hydrogens is 214 g/mol. The Morgan fingerprint density at radius 3 is 2.29 bits per heavy atom. The largest absolute Gasteiger partial charge is 0.481 e. The summed E-state index contributed by atoms with van der Waals surface area (Å²) < 4.78 is 0. The number of hydrogen-bond acceptors (Lipinski definition) is 2. The van der Waals surface area contributed by atoms with Crippen LogP contribution < -0.4 is 0 Å². The predicted molar refractivity (Wildman–Crippen MR) is 70.0 cm³/mol. The molecule has 0 aliphatic carbocycles. The van der Waals surface area contributed by atoms with Crippen molar-refractivity contribution in [3.05, 3.63) is 0 Å². The van der Waals surface area contributed by atoms with Crippen LogP contribution in [-0.2, 0) is 4.79 Å². The molecule has 1 N–H and O–H groups in total. The van der Waals surface area contributed by atoms with Gasteiger partial charge >= 0.3 is 5.97 Å². The van der Waals surface area contributed by atoms with E-state index in [1.165, 1.54) is 0 Å². The number of nitrogens with zero attached hydrogens (tertiary/aromatic N) is 1. The van der Waals surface area contributed by atoms with E-state index >= 15 is 0 Å². The van der Waals surface area contributed by atoms with Gasteiger partial charge < -0.3 is 5.11 Å². The van der Waals surface area contributed by atoms with Gasteiger partial charge in [-0.1, -0.05) is 34.1 Å². The van der Waals surface area contributed by atoms with Gasteiger partial charge in [-0.2, -0.15) is 0 Å². The summed E-state index contributed by atoms with van der Waals surface area (Å²) in [6, 6.07) is 0.486. The molecule has 1 aliphatic rings. The second-order valence-corrected chi connectivity index (χ2v) is 5.96. The Bertz CT molecular complexity index is 277. The van der Waals surface area contributed by atoms with Gasteiger partial charge in [-0.15, -0.1) is 0 Å². The van der Waals surface area contributed by atoms with Crippen LogP contribution in [-0.4, -0.2) is 35.1 Å². The van der Waals surface area contributed by atoms with Crippen molar-refractivity contribution >= 4 is 5.97 Å². The lowest BCUT2D eigenvalue weighted by Crippen LogP contribution is -2.42. The van der Waals surface area contributed by atoms with Crippen LogP contribution in [0.15, 0.2) is 0 Å². The van der Waals surface area contributed by atoms with Crippen molar-refractivity contribution in [2.75, 3.05) is 13.1 Å². The molecule has 3 heteroatoms. The van der Waals surface area contributed by atoms with Crippen LogP contribution in [0.1, 0.15) is 47.5 Å². The minimum atomic E-state index is -0.619. The molecule has 0 spiro atoms. The number of carbonyl (C=O) groups is 1. The van der Waals surface area contributed by atoms with Crippen molar-refractivity contribution < 1.29 is 9.90 Å². The first kappa shape index (κ1) is 14.5. The van der Waals surface area contributed by atoms with Crippen LogP contribution in [0.25, 0.3) is 0 Å². The van der Waals surface area contributed by atoms with E-state index in [-0.39, 0.29) is 5.92 Å². The molecule has 3 unspecified atom stereocenters. The normalized spacial score (nSPS) is 29.5. The molecule has 1 aliphatic heterocycles. The molecule has 0 bridgehead atoms. The summed E-state index contributed by atoms with van der Waals surface area (Å²) in [6.45, 7) is 12.4. The molecule has 0 aromatic rings. The van der Waals surface area contributed by atoms with E-state index in [2.05, 4.69) is 25.7 Å². The van der Waals surface area contributed by atoms with Crippen molar-refractivity contribution in [3.8, 4) is 0 Å². The smallest absolute Gasteiger partial charge is 0.311 e. The lowest BCUT2D eigenvalue weighted by atomic mass is 9.76. The Balaban J connectivity index is 2.77. The van der Waals surface area contributed by atoms with E-state index in [9.17, 15) is 9.90 Å². The molecule has 3 atom stereocenters. The molecule has 0 saturated carbocycles. The lowest BCUT2D eigenvalue weighted by Gasteiger charge is -2.33. The third-order valence-electron chi connectivity index (χ3n) is 4.90. The summed E-state index contributed by atoms with van der Waals surface area (Å²) in [5.41, 5.74) is -0.526. The first-order valence-corrected chi connectivity index (χ1v) is 6.82. The summed E-state index contributed by atoms with van der Waals surface area (Å²) in [4.78, 5) is 13.9. The molecule has 1 fully saturated rings.